The van der Waals surface area contributed by atoms with E-state index < -0.39 is 0 Å². The fourth-order valence-electron chi connectivity index (χ4n) is 1.16. The van der Waals surface area contributed by atoms with Gasteiger partial charge in [0.1, 0.15) is 0 Å². The number of aryl methyl sites for hydroxylation is 2. The Morgan fingerprint density at radius 3 is 2.87 bits per heavy atom. The molecule has 0 fully saturated rings. The molecule has 0 saturated heterocycles. The second-order valence-electron chi connectivity index (χ2n) is 3.21. The second-order valence-corrected chi connectivity index (χ2v) is 4.15. The summed E-state index contributed by atoms with van der Waals surface area (Å²) in [4.78, 5) is 8.40. The maximum absolute atomic E-state index is 4.92. The van der Waals surface area contributed by atoms with Crippen LogP contribution in [0.1, 0.15) is 16.5 Å². The summed E-state index contributed by atoms with van der Waals surface area (Å²) in [6.45, 7) is 4.54. The number of hydrogen-bond acceptors (Lipinski definition) is 6. The number of aromatic nitrogens is 3. The molecule has 6 heteroatoms. The Bertz CT molecular complexity index is 397. The first-order valence-electron chi connectivity index (χ1n) is 4.69. The largest absolute Gasteiger partial charge is 0.337 e. The normalized spacial score (nSPS) is 10.5. The van der Waals surface area contributed by atoms with Crippen LogP contribution in [-0.4, -0.2) is 21.7 Å². The van der Waals surface area contributed by atoms with E-state index in [-0.39, 0.29) is 0 Å². The molecular formula is C9H12N4OS. The molecule has 15 heavy (non-hydrogen) atoms. The van der Waals surface area contributed by atoms with E-state index in [1.807, 2.05) is 12.3 Å². The van der Waals surface area contributed by atoms with Crippen LogP contribution in [0.4, 0.5) is 6.01 Å². The fraction of sp³-hybridized carbons (Fsp3) is 0.444. The average molecular weight is 224 g/mol. The predicted molar refractivity (Wildman–Crippen MR) is 58.1 cm³/mol. The zero-order chi connectivity index (χ0) is 10.7. The standard InChI is InChI=1S/C9H12N4OS/c1-6-5-15-8(11-6)3-4-10-9-12-7(2)13-14-9/h5H,3-4H2,1-2H3,(H,10,12,13). The van der Waals surface area contributed by atoms with Crippen LogP contribution in [0, 0.1) is 13.8 Å². The summed E-state index contributed by atoms with van der Waals surface area (Å²) in [6.07, 6.45) is 0.875. The van der Waals surface area contributed by atoms with Gasteiger partial charge in [-0.1, -0.05) is 5.16 Å². The van der Waals surface area contributed by atoms with Gasteiger partial charge in [-0.15, -0.1) is 11.3 Å². The zero-order valence-electron chi connectivity index (χ0n) is 8.65. The van der Waals surface area contributed by atoms with E-state index in [2.05, 4.69) is 20.4 Å². The monoisotopic (exact) mass is 224 g/mol. The zero-order valence-corrected chi connectivity index (χ0v) is 9.47. The van der Waals surface area contributed by atoms with Gasteiger partial charge in [-0.05, 0) is 13.8 Å². The maximum Gasteiger partial charge on any atom is 0.321 e. The van der Waals surface area contributed by atoms with Crippen LogP contribution in [0.25, 0.3) is 0 Å². The molecule has 0 unspecified atom stereocenters. The molecule has 0 aliphatic carbocycles. The number of nitrogens with zero attached hydrogens (tertiary/aromatic N) is 3. The van der Waals surface area contributed by atoms with Gasteiger partial charge in [0.2, 0.25) is 0 Å². The number of anilines is 1. The minimum Gasteiger partial charge on any atom is -0.337 e. The van der Waals surface area contributed by atoms with Crippen molar-refractivity contribution in [3.63, 3.8) is 0 Å². The van der Waals surface area contributed by atoms with Crippen LogP contribution in [0.3, 0.4) is 0 Å². The minimum absolute atomic E-state index is 0.473. The molecule has 80 valence electrons. The SMILES string of the molecule is Cc1csc(CCNc2nc(C)no2)n1. The van der Waals surface area contributed by atoms with Gasteiger partial charge in [0.15, 0.2) is 5.82 Å². The van der Waals surface area contributed by atoms with E-state index in [1.54, 1.807) is 18.3 Å². The second kappa shape index (κ2) is 4.39. The van der Waals surface area contributed by atoms with Crippen molar-refractivity contribution in [3.05, 3.63) is 21.9 Å². The Morgan fingerprint density at radius 2 is 2.27 bits per heavy atom. The molecule has 0 aromatic carbocycles. The Kier molecular flexibility index (Phi) is 2.96. The lowest BCUT2D eigenvalue weighted by Gasteiger charge is -1.97. The van der Waals surface area contributed by atoms with E-state index in [4.69, 9.17) is 4.52 Å². The highest BCUT2D eigenvalue weighted by Crippen LogP contribution is 2.09. The average Bonchev–Trinajstić information content (AvgIpc) is 2.76. The Hall–Kier alpha value is -1.43. The summed E-state index contributed by atoms with van der Waals surface area (Å²) in [5.74, 6) is 0.641. The van der Waals surface area contributed by atoms with E-state index in [0.717, 1.165) is 23.7 Å². The predicted octanol–water partition coefficient (Wildman–Crippen LogP) is 1.80. The molecular weight excluding hydrogens is 212 g/mol. The topological polar surface area (TPSA) is 63.8 Å². The third-order valence-corrected chi connectivity index (χ3v) is 2.84. The highest BCUT2D eigenvalue weighted by molar-refractivity contribution is 7.09. The lowest BCUT2D eigenvalue weighted by molar-refractivity contribution is 0.425. The highest BCUT2D eigenvalue weighted by Gasteiger charge is 2.02. The lowest BCUT2D eigenvalue weighted by atomic mass is 10.4. The van der Waals surface area contributed by atoms with Crippen LogP contribution >= 0.6 is 11.3 Å². The molecule has 2 aromatic heterocycles. The van der Waals surface area contributed by atoms with Crippen molar-refractivity contribution in [1.82, 2.24) is 15.1 Å². The fourth-order valence-corrected chi connectivity index (χ4v) is 1.94. The lowest BCUT2D eigenvalue weighted by Crippen LogP contribution is -2.04. The summed E-state index contributed by atoms with van der Waals surface area (Å²) in [5.41, 5.74) is 1.07. The summed E-state index contributed by atoms with van der Waals surface area (Å²) in [5, 5.41) is 9.90. The molecule has 0 aliphatic rings. The van der Waals surface area contributed by atoms with Gasteiger partial charge in [0.05, 0.1) is 5.01 Å². The molecule has 0 saturated carbocycles. The van der Waals surface area contributed by atoms with Gasteiger partial charge in [0, 0.05) is 24.0 Å². The van der Waals surface area contributed by atoms with Gasteiger partial charge in [-0.25, -0.2) is 4.98 Å². The molecule has 2 heterocycles. The van der Waals surface area contributed by atoms with Crippen LogP contribution in [0.2, 0.25) is 0 Å². The van der Waals surface area contributed by atoms with Crippen LogP contribution in [-0.2, 0) is 6.42 Å². The Morgan fingerprint density at radius 1 is 1.40 bits per heavy atom. The van der Waals surface area contributed by atoms with Gasteiger partial charge < -0.3 is 9.84 Å². The van der Waals surface area contributed by atoms with Crippen molar-refractivity contribution in [2.45, 2.75) is 20.3 Å². The van der Waals surface area contributed by atoms with Crippen molar-refractivity contribution in [1.29, 1.82) is 0 Å². The van der Waals surface area contributed by atoms with Crippen LogP contribution in [0.5, 0.6) is 0 Å². The number of thiazole rings is 1. The smallest absolute Gasteiger partial charge is 0.321 e. The first kappa shape index (κ1) is 10.1. The molecule has 2 aromatic rings. The molecule has 0 atom stereocenters. The Balaban J connectivity index is 1.80. The summed E-state index contributed by atoms with van der Waals surface area (Å²) in [7, 11) is 0. The third-order valence-electron chi connectivity index (χ3n) is 1.81. The maximum atomic E-state index is 4.92. The summed E-state index contributed by atoms with van der Waals surface area (Å²) in [6, 6.07) is 0.473. The molecule has 0 radical (unpaired) electrons. The van der Waals surface area contributed by atoms with Crippen molar-refractivity contribution in [3.8, 4) is 0 Å². The van der Waals surface area contributed by atoms with Crippen molar-refractivity contribution >= 4 is 17.4 Å². The van der Waals surface area contributed by atoms with Gasteiger partial charge in [-0.3, -0.25) is 0 Å². The minimum atomic E-state index is 0.473. The number of rotatable bonds is 4. The quantitative estimate of drug-likeness (QED) is 0.857. The molecule has 1 N–H and O–H groups in total. The molecule has 2 rings (SSSR count). The first-order chi connectivity index (χ1) is 7.24. The highest BCUT2D eigenvalue weighted by atomic mass is 32.1. The molecule has 0 aliphatic heterocycles. The Labute approximate surface area is 91.5 Å². The van der Waals surface area contributed by atoms with Crippen molar-refractivity contribution in [2.24, 2.45) is 0 Å². The van der Waals surface area contributed by atoms with Crippen molar-refractivity contribution < 1.29 is 4.52 Å². The summed E-state index contributed by atoms with van der Waals surface area (Å²) >= 11 is 1.67. The van der Waals surface area contributed by atoms with E-state index in [9.17, 15) is 0 Å². The first-order valence-corrected chi connectivity index (χ1v) is 5.57. The van der Waals surface area contributed by atoms with Crippen molar-refractivity contribution in [2.75, 3.05) is 11.9 Å². The number of nitrogens with one attached hydrogen (secondary N) is 1. The van der Waals surface area contributed by atoms with E-state index in [0.29, 0.717) is 11.8 Å². The van der Waals surface area contributed by atoms with Gasteiger partial charge in [-0.2, -0.15) is 4.98 Å². The van der Waals surface area contributed by atoms with E-state index >= 15 is 0 Å². The summed E-state index contributed by atoms with van der Waals surface area (Å²) < 4.78 is 4.92. The van der Waals surface area contributed by atoms with E-state index in [1.165, 1.54) is 0 Å². The number of hydrogen-bond donors (Lipinski definition) is 1. The van der Waals surface area contributed by atoms with Crippen LogP contribution in [0.15, 0.2) is 9.90 Å². The molecule has 0 bridgehead atoms. The van der Waals surface area contributed by atoms with Gasteiger partial charge in [0.25, 0.3) is 0 Å². The molecule has 5 nitrogen and oxygen atoms in total. The van der Waals surface area contributed by atoms with Crippen LogP contribution < -0.4 is 5.32 Å². The molecule has 0 amide bonds. The van der Waals surface area contributed by atoms with Gasteiger partial charge >= 0.3 is 6.01 Å². The molecule has 0 spiro atoms. The third kappa shape index (κ3) is 2.76.